The highest BCUT2D eigenvalue weighted by molar-refractivity contribution is 6.26. The minimum absolute atomic E-state index is 0.0450. The lowest BCUT2D eigenvalue weighted by Gasteiger charge is -2.17. The lowest BCUT2D eigenvalue weighted by molar-refractivity contribution is -0.139. The smallest absolute Gasteiger partial charge is 0.347 e. The molecule has 0 unspecified atom stereocenters. The Bertz CT molecular complexity index is 1350. The van der Waals surface area contributed by atoms with Crippen molar-refractivity contribution in [2.45, 2.75) is 33.2 Å². The first-order chi connectivity index (χ1) is 17.0. The molecule has 0 saturated carbocycles. The largest absolute Gasteiger partial charge is 0.462 e. The number of nitrogens with zero attached hydrogens (tertiary/aromatic N) is 2. The molecule has 3 aromatic rings. The molecule has 2 aliphatic rings. The molecule has 4 heterocycles. The molecule has 0 atom stereocenters. The van der Waals surface area contributed by atoms with E-state index < -0.39 is 11.8 Å². The van der Waals surface area contributed by atoms with Gasteiger partial charge in [0.05, 0.1) is 6.61 Å². The number of Topliss-reactive ketones (excluding diaryl/α,β-unsaturated/α-hetero) is 1. The molecule has 1 aromatic carbocycles. The van der Waals surface area contributed by atoms with Crippen molar-refractivity contribution >= 4 is 34.5 Å². The number of ether oxygens (including phenoxy) is 2. The van der Waals surface area contributed by atoms with Crippen LogP contribution in [0, 0.1) is 6.92 Å². The Morgan fingerprint density at radius 1 is 1.29 bits per heavy atom. The monoisotopic (exact) mass is 472 g/mol. The number of rotatable bonds is 7. The molecular weight excluding hydrogens is 444 g/mol. The van der Waals surface area contributed by atoms with Crippen molar-refractivity contribution in [2.24, 2.45) is 0 Å². The first-order valence-electron chi connectivity index (χ1n) is 11.9. The summed E-state index contributed by atoms with van der Waals surface area (Å²) >= 11 is 0. The van der Waals surface area contributed by atoms with Gasteiger partial charge >= 0.3 is 5.97 Å². The van der Waals surface area contributed by atoms with Crippen LogP contribution in [-0.4, -0.2) is 46.3 Å². The first-order valence-corrected chi connectivity index (χ1v) is 11.9. The van der Waals surface area contributed by atoms with Crippen LogP contribution in [-0.2, 0) is 25.6 Å². The normalized spacial score (nSPS) is 17.4. The summed E-state index contributed by atoms with van der Waals surface area (Å²) in [5, 5.41) is 4.00. The number of fused-ring (bicyclic) bond motifs is 1. The Morgan fingerprint density at radius 3 is 2.89 bits per heavy atom. The Kier molecular flexibility index (Phi) is 6.37. The third-order valence-electron chi connectivity index (χ3n) is 6.28. The highest BCUT2D eigenvalue weighted by Gasteiger charge is 2.37. The predicted molar refractivity (Wildman–Crippen MR) is 133 cm³/mol. The van der Waals surface area contributed by atoms with Crippen LogP contribution in [0.3, 0.4) is 0 Å². The van der Waals surface area contributed by atoms with Crippen LogP contribution in [0.2, 0.25) is 0 Å². The summed E-state index contributed by atoms with van der Waals surface area (Å²) in [4.78, 5) is 35.7. The molecule has 2 aliphatic heterocycles. The Balaban J connectivity index is 1.42. The third kappa shape index (κ3) is 4.70. The zero-order chi connectivity index (χ0) is 24.4. The summed E-state index contributed by atoms with van der Waals surface area (Å²) in [7, 11) is 0. The van der Waals surface area contributed by atoms with Crippen LogP contribution in [0.4, 0.5) is 5.69 Å². The molecule has 180 valence electrons. The minimum Gasteiger partial charge on any atom is -0.462 e. The van der Waals surface area contributed by atoms with Crippen LogP contribution in [0.15, 0.2) is 59.9 Å². The van der Waals surface area contributed by atoms with Crippen LogP contribution in [0.1, 0.15) is 36.5 Å². The molecule has 8 heteroatoms. The molecule has 35 heavy (non-hydrogen) atoms. The number of aromatic amines is 1. The molecule has 5 rings (SSSR count). The number of esters is 1. The number of carbonyl (C=O) groups excluding carboxylic acids is 2. The molecule has 1 fully saturated rings. The maximum Gasteiger partial charge on any atom is 0.347 e. The van der Waals surface area contributed by atoms with Crippen LogP contribution in [0.5, 0.6) is 0 Å². The van der Waals surface area contributed by atoms with Crippen LogP contribution in [0.25, 0.3) is 17.1 Å². The van der Waals surface area contributed by atoms with E-state index in [1.165, 1.54) is 18.4 Å². The molecule has 1 saturated heterocycles. The van der Waals surface area contributed by atoms with Gasteiger partial charge in [-0.1, -0.05) is 12.1 Å². The van der Waals surface area contributed by atoms with Gasteiger partial charge < -0.3 is 19.8 Å². The van der Waals surface area contributed by atoms with E-state index in [4.69, 9.17) is 9.47 Å². The number of hydrogen-bond acceptors (Lipinski definition) is 7. The van der Waals surface area contributed by atoms with Gasteiger partial charge in [0.25, 0.3) is 0 Å². The number of allylic oxidation sites excluding steroid dienone is 1. The lowest BCUT2D eigenvalue weighted by atomic mass is 10.1. The molecule has 0 spiro atoms. The minimum atomic E-state index is -0.715. The number of nitrogens with one attached hydrogen (secondary N) is 2. The number of hydrogen-bond donors (Lipinski definition) is 2. The number of benzene rings is 1. The van der Waals surface area contributed by atoms with Gasteiger partial charge in [-0.15, -0.1) is 0 Å². The number of anilines is 1. The fraction of sp³-hybridized carbons (Fsp3) is 0.296. The third-order valence-corrected chi connectivity index (χ3v) is 6.28. The molecular formula is C27H28N4O4. The van der Waals surface area contributed by atoms with E-state index in [2.05, 4.69) is 32.3 Å². The predicted octanol–water partition coefficient (Wildman–Crippen LogP) is 4.29. The number of pyridine rings is 1. The number of aryl methyl sites for hydroxylation is 1. The van der Waals surface area contributed by atoms with Crippen molar-refractivity contribution in [3.05, 3.63) is 76.6 Å². The quantitative estimate of drug-likeness (QED) is 0.301. The summed E-state index contributed by atoms with van der Waals surface area (Å²) in [6, 6.07) is 9.86. The number of ketones is 1. The van der Waals surface area contributed by atoms with Gasteiger partial charge in [0.1, 0.15) is 5.65 Å². The topological polar surface area (TPSA) is 96.6 Å². The Morgan fingerprint density at radius 2 is 2.11 bits per heavy atom. The standard InChI is InChI=1S/C27H28N4O4/c1-3-34-27(33)23-24(32)22(14-19-15-29-25-20(19)7-6-10-28-25)35-26(23)30-21-9-8-18(13-17(21)2)16-31-11-4-5-12-31/h6-10,13-15,30H,3-5,11-12,16H2,1-2H3,(H,28,29). The van der Waals surface area contributed by atoms with E-state index in [9.17, 15) is 9.59 Å². The zero-order valence-corrected chi connectivity index (χ0v) is 19.9. The fourth-order valence-corrected chi connectivity index (χ4v) is 4.53. The van der Waals surface area contributed by atoms with Crippen molar-refractivity contribution < 1.29 is 19.1 Å². The molecule has 0 radical (unpaired) electrons. The highest BCUT2D eigenvalue weighted by atomic mass is 16.5. The van der Waals surface area contributed by atoms with E-state index in [1.54, 1.807) is 25.4 Å². The lowest BCUT2D eigenvalue weighted by Crippen LogP contribution is -2.18. The maximum atomic E-state index is 13.2. The van der Waals surface area contributed by atoms with E-state index in [0.717, 1.165) is 41.8 Å². The number of likely N-dealkylation sites (tertiary alicyclic amines) is 1. The van der Waals surface area contributed by atoms with Crippen molar-refractivity contribution in [1.82, 2.24) is 14.9 Å². The maximum absolute atomic E-state index is 13.2. The summed E-state index contributed by atoms with van der Waals surface area (Å²) in [5.41, 5.74) is 4.28. The summed E-state index contributed by atoms with van der Waals surface area (Å²) in [6.07, 6.45) is 7.55. The zero-order valence-electron chi connectivity index (χ0n) is 19.9. The SMILES string of the molecule is CCOC(=O)C1=C(Nc2ccc(CN3CCCC3)cc2C)OC(=Cc2c[nH]c3ncccc23)C1=O. The number of aromatic nitrogens is 2. The average molecular weight is 473 g/mol. The Labute approximate surface area is 203 Å². The van der Waals surface area contributed by atoms with Gasteiger partial charge in [0, 0.05) is 35.6 Å². The van der Waals surface area contributed by atoms with Crippen LogP contribution >= 0.6 is 0 Å². The fourth-order valence-electron chi connectivity index (χ4n) is 4.53. The van der Waals surface area contributed by atoms with Gasteiger partial charge in [-0.2, -0.15) is 0 Å². The van der Waals surface area contributed by atoms with Gasteiger partial charge in [-0.05, 0) is 75.2 Å². The molecule has 0 amide bonds. The summed E-state index contributed by atoms with van der Waals surface area (Å²) < 4.78 is 11.1. The van der Waals surface area contributed by atoms with E-state index in [1.807, 2.05) is 25.1 Å². The van der Waals surface area contributed by atoms with E-state index in [0.29, 0.717) is 5.65 Å². The van der Waals surface area contributed by atoms with Crippen molar-refractivity contribution in [3.63, 3.8) is 0 Å². The first kappa shape index (κ1) is 22.9. The average Bonchev–Trinajstić information content (AvgIpc) is 3.57. The molecule has 2 aromatic heterocycles. The van der Waals surface area contributed by atoms with Crippen molar-refractivity contribution in [3.8, 4) is 0 Å². The van der Waals surface area contributed by atoms with E-state index in [-0.39, 0.29) is 23.8 Å². The van der Waals surface area contributed by atoms with Gasteiger partial charge in [-0.25, -0.2) is 9.78 Å². The Hall–Kier alpha value is -3.91. The van der Waals surface area contributed by atoms with E-state index >= 15 is 0 Å². The second-order valence-corrected chi connectivity index (χ2v) is 8.77. The van der Waals surface area contributed by atoms with Crippen molar-refractivity contribution in [2.75, 3.05) is 25.0 Å². The van der Waals surface area contributed by atoms with Gasteiger partial charge in [0.2, 0.25) is 11.7 Å². The molecule has 0 bridgehead atoms. The second kappa shape index (κ2) is 9.76. The molecule has 0 aliphatic carbocycles. The molecule has 2 N–H and O–H groups in total. The van der Waals surface area contributed by atoms with Crippen LogP contribution < -0.4 is 5.32 Å². The second-order valence-electron chi connectivity index (χ2n) is 8.77. The van der Waals surface area contributed by atoms with Crippen molar-refractivity contribution in [1.29, 1.82) is 0 Å². The van der Waals surface area contributed by atoms with Gasteiger partial charge in [0.15, 0.2) is 11.3 Å². The number of carbonyl (C=O) groups is 2. The summed E-state index contributed by atoms with van der Waals surface area (Å²) in [5.74, 6) is -1.11. The highest BCUT2D eigenvalue weighted by Crippen LogP contribution is 2.31. The molecule has 8 nitrogen and oxygen atoms in total. The van der Waals surface area contributed by atoms with Gasteiger partial charge in [-0.3, -0.25) is 9.69 Å². The number of H-pyrrole nitrogens is 1. The summed E-state index contributed by atoms with van der Waals surface area (Å²) in [6.45, 7) is 7.02.